The van der Waals surface area contributed by atoms with Crippen LogP contribution in [0.3, 0.4) is 0 Å². The summed E-state index contributed by atoms with van der Waals surface area (Å²) in [5.41, 5.74) is 2.62. The van der Waals surface area contributed by atoms with Gasteiger partial charge < -0.3 is 15.3 Å². The van der Waals surface area contributed by atoms with Crippen molar-refractivity contribution in [2.75, 3.05) is 32.7 Å². The van der Waals surface area contributed by atoms with E-state index in [9.17, 15) is 5.11 Å². The maximum absolute atomic E-state index is 9.72. The highest BCUT2D eigenvalue weighted by atomic mass is 127. The third-order valence-corrected chi connectivity index (χ3v) is 4.84. The lowest BCUT2D eigenvalue weighted by Gasteiger charge is -2.21. The molecule has 1 aromatic carbocycles. The van der Waals surface area contributed by atoms with E-state index in [0.717, 1.165) is 32.0 Å². The smallest absolute Gasteiger partial charge is 0.194 e. The molecule has 0 saturated carbocycles. The Hall–Kier alpha value is -0.860. The molecular formula is C19H31IN4O. The number of nitrogens with one attached hydrogen (secondary N) is 1. The molecule has 2 heterocycles. The first-order valence-corrected chi connectivity index (χ1v) is 9.26. The predicted octanol–water partition coefficient (Wildman–Crippen LogP) is 2.43. The van der Waals surface area contributed by atoms with Crippen molar-refractivity contribution in [3.8, 4) is 0 Å². The first kappa shape index (κ1) is 20.5. The molecule has 0 bridgehead atoms. The molecule has 0 radical (unpaired) electrons. The summed E-state index contributed by atoms with van der Waals surface area (Å²) in [5, 5.41) is 13.1. The molecule has 0 spiro atoms. The van der Waals surface area contributed by atoms with Crippen LogP contribution < -0.4 is 5.32 Å². The average molecular weight is 458 g/mol. The monoisotopic (exact) mass is 458 g/mol. The molecule has 140 valence electrons. The molecule has 2 saturated heterocycles. The van der Waals surface area contributed by atoms with Gasteiger partial charge in [0.05, 0.1) is 12.6 Å². The van der Waals surface area contributed by atoms with Gasteiger partial charge in [0, 0.05) is 26.2 Å². The zero-order chi connectivity index (χ0) is 16.8. The van der Waals surface area contributed by atoms with Crippen molar-refractivity contribution in [2.45, 2.75) is 45.4 Å². The number of benzene rings is 1. The lowest BCUT2D eigenvalue weighted by atomic mass is 10.1. The van der Waals surface area contributed by atoms with Crippen LogP contribution in [0.25, 0.3) is 0 Å². The van der Waals surface area contributed by atoms with Crippen molar-refractivity contribution in [1.29, 1.82) is 0 Å². The Morgan fingerprint density at radius 1 is 1.16 bits per heavy atom. The second-order valence-electron chi connectivity index (χ2n) is 6.86. The first-order valence-electron chi connectivity index (χ1n) is 9.26. The number of aliphatic hydroxyl groups excluding tert-OH is 1. The van der Waals surface area contributed by atoms with Crippen molar-refractivity contribution < 1.29 is 5.11 Å². The third-order valence-electron chi connectivity index (χ3n) is 4.84. The summed E-state index contributed by atoms with van der Waals surface area (Å²) >= 11 is 0. The molecule has 5 nitrogen and oxygen atoms in total. The van der Waals surface area contributed by atoms with E-state index in [1.807, 2.05) is 0 Å². The SMILES string of the molecule is CCNC(=NCc1ccc(CN2CCCC2)cc1)N1CC[C@@H](O)C1.I. The highest BCUT2D eigenvalue weighted by Crippen LogP contribution is 2.14. The summed E-state index contributed by atoms with van der Waals surface area (Å²) in [5.74, 6) is 0.912. The number of likely N-dealkylation sites (tertiary alicyclic amines) is 2. The van der Waals surface area contributed by atoms with Gasteiger partial charge in [-0.1, -0.05) is 24.3 Å². The standard InChI is InChI=1S/C19H30N4O.HI/c1-2-20-19(23-12-9-18(24)15-23)21-13-16-5-7-17(8-6-16)14-22-10-3-4-11-22;/h5-8,18,24H,2-4,9-15H2,1H3,(H,20,21);1H/t18-;/m1./s1. The van der Waals surface area contributed by atoms with E-state index in [2.05, 4.69) is 46.3 Å². The molecule has 0 amide bonds. The number of β-amino-alcohol motifs (C(OH)–C–C–N with tert-alkyl or cyclic N) is 1. The number of rotatable bonds is 5. The molecule has 2 N–H and O–H groups in total. The van der Waals surface area contributed by atoms with E-state index in [1.165, 1.54) is 37.1 Å². The number of hydrogen-bond donors (Lipinski definition) is 2. The first-order chi connectivity index (χ1) is 11.7. The molecule has 25 heavy (non-hydrogen) atoms. The van der Waals surface area contributed by atoms with E-state index in [-0.39, 0.29) is 30.1 Å². The number of hydrogen-bond acceptors (Lipinski definition) is 3. The molecule has 6 heteroatoms. The summed E-state index contributed by atoms with van der Waals surface area (Å²) in [6.45, 7) is 8.70. The van der Waals surface area contributed by atoms with Crippen LogP contribution in [0.1, 0.15) is 37.3 Å². The Bertz CT molecular complexity index is 543. The van der Waals surface area contributed by atoms with E-state index in [0.29, 0.717) is 13.1 Å². The maximum atomic E-state index is 9.72. The number of aliphatic hydroxyl groups is 1. The minimum absolute atomic E-state index is 0. The molecule has 3 rings (SSSR count). The maximum Gasteiger partial charge on any atom is 0.194 e. The number of nitrogens with zero attached hydrogens (tertiary/aromatic N) is 3. The molecule has 1 aromatic rings. The second-order valence-corrected chi connectivity index (χ2v) is 6.86. The predicted molar refractivity (Wildman–Crippen MR) is 113 cm³/mol. The summed E-state index contributed by atoms with van der Waals surface area (Å²) in [6.07, 6.45) is 3.28. The fourth-order valence-corrected chi connectivity index (χ4v) is 3.48. The van der Waals surface area contributed by atoms with Crippen molar-refractivity contribution in [2.24, 2.45) is 4.99 Å². The molecule has 2 aliphatic rings. The highest BCUT2D eigenvalue weighted by molar-refractivity contribution is 14.0. The van der Waals surface area contributed by atoms with Gasteiger partial charge in [-0.25, -0.2) is 4.99 Å². The Morgan fingerprint density at radius 2 is 1.84 bits per heavy atom. The zero-order valence-electron chi connectivity index (χ0n) is 15.2. The van der Waals surface area contributed by atoms with Crippen LogP contribution in [-0.2, 0) is 13.1 Å². The van der Waals surface area contributed by atoms with Gasteiger partial charge in [-0.3, -0.25) is 4.90 Å². The largest absolute Gasteiger partial charge is 0.391 e. The fourth-order valence-electron chi connectivity index (χ4n) is 3.48. The average Bonchev–Trinajstić information content (AvgIpc) is 3.24. The molecule has 1 atom stereocenters. The van der Waals surface area contributed by atoms with Crippen LogP contribution in [0.5, 0.6) is 0 Å². The lowest BCUT2D eigenvalue weighted by Crippen LogP contribution is -2.40. The van der Waals surface area contributed by atoms with E-state index < -0.39 is 0 Å². The summed E-state index contributed by atoms with van der Waals surface area (Å²) in [4.78, 5) is 9.41. The van der Waals surface area contributed by atoms with Crippen molar-refractivity contribution in [3.05, 3.63) is 35.4 Å². The number of aliphatic imine (C=N–C) groups is 1. The van der Waals surface area contributed by atoms with Gasteiger partial charge in [0.2, 0.25) is 0 Å². The Kier molecular flexibility index (Phi) is 8.45. The Labute approximate surface area is 168 Å². The van der Waals surface area contributed by atoms with Gasteiger partial charge in [-0.15, -0.1) is 24.0 Å². The normalized spacial score (nSPS) is 21.4. The van der Waals surface area contributed by atoms with Gasteiger partial charge in [0.25, 0.3) is 0 Å². The summed E-state index contributed by atoms with van der Waals surface area (Å²) in [6, 6.07) is 8.85. The molecule has 0 aliphatic carbocycles. The molecule has 0 aromatic heterocycles. The van der Waals surface area contributed by atoms with E-state index in [1.54, 1.807) is 0 Å². The van der Waals surface area contributed by atoms with Gasteiger partial charge in [-0.05, 0) is 50.4 Å². The molecule has 2 fully saturated rings. The van der Waals surface area contributed by atoms with Gasteiger partial charge in [-0.2, -0.15) is 0 Å². The molecule has 2 aliphatic heterocycles. The van der Waals surface area contributed by atoms with Gasteiger partial charge in [0.1, 0.15) is 0 Å². The van der Waals surface area contributed by atoms with Gasteiger partial charge in [0.15, 0.2) is 5.96 Å². The fraction of sp³-hybridized carbons (Fsp3) is 0.632. The van der Waals surface area contributed by atoms with Crippen LogP contribution >= 0.6 is 24.0 Å². The molecular weight excluding hydrogens is 427 g/mol. The topological polar surface area (TPSA) is 51.1 Å². The van der Waals surface area contributed by atoms with Crippen molar-refractivity contribution in [3.63, 3.8) is 0 Å². The summed E-state index contributed by atoms with van der Waals surface area (Å²) < 4.78 is 0. The minimum Gasteiger partial charge on any atom is -0.391 e. The van der Waals surface area contributed by atoms with Crippen molar-refractivity contribution in [1.82, 2.24) is 15.1 Å². The zero-order valence-corrected chi connectivity index (χ0v) is 17.5. The molecule has 0 unspecified atom stereocenters. The van der Waals surface area contributed by atoms with Crippen LogP contribution in [0.2, 0.25) is 0 Å². The number of halogens is 1. The third kappa shape index (κ3) is 6.11. The minimum atomic E-state index is -0.223. The number of guanidine groups is 1. The van der Waals surface area contributed by atoms with Crippen LogP contribution in [0.15, 0.2) is 29.3 Å². The Balaban J connectivity index is 0.00000225. The van der Waals surface area contributed by atoms with Gasteiger partial charge >= 0.3 is 0 Å². The van der Waals surface area contributed by atoms with E-state index >= 15 is 0 Å². The summed E-state index contributed by atoms with van der Waals surface area (Å²) in [7, 11) is 0. The Morgan fingerprint density at radius 3 is 2.44 bits per heavy atom. The van der Waals surface area contributed by atoms with Crippen LogP contribution in [-0.4, -0.2) is 59.7 Å². The quantitative estimate of drug-likeness (QED) is 0.405. The van der Waals surface area contributed by atoms with Crippen molar-refractivity contribution >= 4 is 29.9 Å². The second kappa shape index (κ2) is 10.3. The lowest BCUT2D eigenvalue weighted by molar-refractivity contribution is 0.188. The van der Waals surface area contributed by atoms with Crippen LogP contribution in [0.4, 0.5) is 0 Å². The highest BCUT2D eigenvalue weighted by Gasteiger charge is 2.22. The van der Waals surface area contributed by atoms with Crippen LogP contribution in [0, 0.1) is 0 Å². The van der Waals surface area contributed by atoms with E-state index in [4.69, 9.17) is 4.99 Å².